The van der Waals surface area contributed by atoms with Gasteiger partial charge in [0.1, 0.15) is 17.4 Å². The van der Waals surface area contributed by atoms with Crippen molar-refractivity contribution in [1.29, 1.82) is 0 Å². The number of hydrogen-bond acceptors (Lipinski definition) is 2. The maximum atomic E-state index is 13.8. The van der Waals surface area contributed by atoms with Crippen molar-refractivity contribution in [3.8, 4) is 5.75 Å². The standard InChI is InChI=1S/C16H16ClF2NO/c1-3-21-16-7-4-11(17)8-15(16)20-10(2)13-6-5-12(18)9-14(13)19/h4-10,20H,3H2,1-2H3. The fourth-order valence-electron chi connectivity index (χ4n) is 2.06. The summed E-state index contributed by atoms with van der Waals surface area (Å²) in [5.74, 6) is -0.549. The van der Waals surface area contributed by atoms with Gasteiger partial charge in [0.25, 0.3) is 0 Å². The van der Waals surface area contributed by atoms with Crippen molar-refractivity contribution >= 4 is 17.3 Å². The Labute approximate surface area is 127 Å². The number of hydrogen-bond donors (Lipinski definition) is 1. The van der Waals surface area contributed by atoms with Crippen molar-refractivity contribution in [3.63, 3.8) is 0 Å². The highest BCUT2D eigenvalue weighted by Crippen LogP contribution is 2.31. The van der Waals surface area contributed by atoms with E-state index in [0.29, 0.717) is 28.6 Å². The molecule has 0 fully saturated rings. The average molecular weight is 312 g/mol. The van der Waals surface area contributed by atoms with Crippen LogP contribution in [0.5, 0.6) is 5.75 Å². The van der Waals surface area contributed by atoms with Crippen LogP contribution in [0.4, 0.5) is 14.5 Å². The molecule has 0 heterocycles. The molecule has 0 saturated heterocycles. The molecule has 0 aromatic heterocycles. The molecule has 0 radical (unpaired) electrons. The lowest BCUT2D eigenvalue weighted by atomic mass is 10.1. The van der Waals surface area contributed by atoms with E-state index in [1.54, 1.807) is 25.1 Å². The molecule has 0 aliphatic carbocycles. The lowest BCUT2D eigenvalue weighted by Crippen LogP contribution is -2.10. The molecule has 112 valence electrons. The number of ether oxygens (including phenoxy) is 1. The van der Waals surface area contributed by atoms with E-state index in [2.05, 4.69) is 5.32 Å². The van der Waals surface area contributed by atoms with Gasteiger partial charge >= 0.3 is 0 Å². The predicted molar refractivity (Wildman–Crippen MR) is 81.0 cm³/mol. The van der Waals surface area contributed by atoms with Gasteiger partial charge in [-0.25, -0.2) is 8.78 Å². The highest BCUT2D eigenvalue weighted by molar-refractivity contribution is 6.30. The van der Waals surface area contributed by atoms with Crippen LogP contribution in [-0.4, -0.2) is 6.61 Å². The Bertz CT molecular complexity index is 634. The zero-order chi connectivity index (χ0) is 15.4. The monoisotopic (exact) mass is 311 g/mol. The van der Waals surface area contributed by atoms with Crippen LogP contribution in [-0.2, 0) is 0 Å². The smallest absolute Gasteiger partial charge is 0.142 e. The molecule has 2 aromatic rings. The SMILES string of the molecule is CCOc1ccc(Cl)cc1NC(C)c1ccc(F)cc1F. The Kier molecular flexibility index (Phi) is 5.02. The van der Waals surface area contributed by atoms with Gasteiger partial charge in [-0.3, -0.25) is 0 Å². The van der Waals surface area contributed by atoms with Crippen LogP contribution in [0.1, 0.15) is 25.5 Å². The average Bonchev–Trinajstić information content (AvgIpc) is 2.41. The lowest BCUT2D eigenvalue weighted by Gasteiger charge is -2.19. The van der Waals surface area contributed by atoms with Crippen molar-refractivity contribution in [2.24, 2.45) is 0 Å². The normalized spacial score (nSPS) is 12.0. The third-order valence-corrected chi connectivity index (χ3v) is 3.28. The first-order valence-corrected chi connectivity index (χ1v) is 7.03. The summed E-state index contributed by atoms with van der Waals surface area (Å²) >= 11 is 5.98. The first-order chi connectivity index (χ1) is 10.0. The molecule has 0 bridgehead atoms. The molecule has 2 rings (SSSR count). The number of nitrogens with one attached hydrogen (secondary N) is 1. The molecule has 0 amide bonds. The second-order valence-corrected chi connectivity index (χ2v) is 5.04. The third-order valence-electron chi connectivity index (χ3n) is 3.04. The summed E-state index contributed by atoms with van der Waals surface area (Å²) in [6, 6.07) is 8.36. The first-order valence-electron chi connectivity index (χ1n) is 6.65. The summed E-state index contributed by atoms with van der Waals surface area (Å²) in [6.45, 7) is 4.17. The maximum Gasteiger partial charge on any atom is 0.142 e. The highest BCUT2D eigenvalue weighted by atomic mass is 35.5. The summed E-state index contributed by atoms with van der Waals surface area (Å²) < 4.78 is 32.3. The molecular formula is C16H16ClF2NO. The summed E-state index contributed by atoms with van der Waals surface area (Å²) in [5.41, 5.74) is 1.04. The molecule has 1 unspecified atom stereocenters. The van der Waals surface area contributed by atoms with E-state index < -0.39 is 11.6 Å². The largest absolute Gasteiger partial charge is 0.492 e. The van der Waals surface area contributed by atoms with Gasteiger partial charge in [0, 0.05) is 16.7 Å². The third kappa shape index (κ3) is 3.85. The second kappa shape index (κ2) is 6.76. The minimum atomic E-state index is -0.596. The molecular weight excluding hydrogens is 296 g/mol. The number of halogens is 3. The molecule has 0 saturated carbocycles. The van der Waals surface area contributed by atoms with Crippen molar-refractivity contribution in [2.45, 2.75) is 19.9 Å². The Morgan fingerprint density at radius 1 is 1.19 bits per heavy atom. The van der Waals surface area contributed by atoms with Crippen molar-refractivity contribution < 1.29 is 13.5 Å². The Balaban J connectivity index is 2.26. The highest BCUT2D eigenvalue weighted by Gasteiger charge is 2.14. The maximum absolute atomic E-state index is 13.8. The van der Waals surface area contributed by atoms with Crippen LogP contribution in [0.15, 0.2) is 36.4 Å². The van der Waals surface area contributed by atoms with Gasteiger partial charge in [-0.1, -0.05) is 17.7 Å². The molecule has 0 aliphatic rings. The van der Waals surface area contributed by atoms with E-state index in [1.165, 1.54) is 12.1 Å². The van der Waals surface area contributed by atoms with Gasteiger partial charge in [0.15, 0.2) is 0 Å². The van der Waals surface area contributed by atoms with Gasteiger partial charge in [-0.2, -0.15) is 0 Å². The van der Waals surface area contributed by atoms with Crippen molar-refractivity contribution in [3.05, 3.63) is 58.6 Å². The van der Waals surface area contributed by atoms with Gasteiger partial charge in [-0.05, 0) is 38.1 Å². The quantitative estimate of drug-likeness (QED) is 0.820. The minimum absolute atomic E-state index is 0.358. The van der Waals surface area contributed by atoms with E-state index in [9.17, 15) is 8.78 Å². The van der Waals surface area contributed by atoms with E-state index in [1.807, 2.05) is 6.92 Å². The fraction of sp³-hybridized carbons (Fsp3) is 0.250. The van der Waals surface area contributed by atoms with Gasteiger partial charge in [-0.15, -0.1) is 0 Å². The molecule has 2 aromatic carbocycles. The summed E-state index contributed by atoms with van der Waals surface area (Å²) in [6.07, 6.45) is 0. The summed E-state index contributed by atoms with van der Waals surface area (Å²) in [7, 11) is 0. The summed E-state index contributed by atoms with van der Waals surface area (Å²) in [4.78, 5) is 0. The van der Waals surface area contributed by atoms with Crippen LogP contribution in [0.25, 0.3) is 0 Å². The van der Waals surface area contributed by atoms with Crippen LogP contribution in [0, 0.1) is 11.6 Å². The molecule has 1 atom stereocenters. The molecule has 0 spiro atoms. The number of anilines is 1. The predicted octanol–water partition coefficient (Wildman–Crippen LogP) is 5.19. The van der Waals surface area contributed by atoms with Crippen LogP contribution < -0.4 is 10.1 Å². The number of benzene rings is 2. The molecule has 2 nitrogen and oxygen atoms in total. The topological polar surface area (TPSA) is 21.3 Å². The zero-order valence-corrected chi connectivity index (χ0v) is 12.5. The van der Waals surface area contributed by atoms with Crippen molar-refractivity contribution in [1.82, 2.24) is 0 Å². The van der Waals surface area contributed by atoms with Crippen LogP contribution in [0.2, 0.25) is 5.02 Å². The lowest BCUT2D eigenvalue weighted by molar-refractivity contribution is 0.341. The van der Waals surface area contributed by atoms with E-state index in [0.717, 1.165) is 6.07 Å². The van der Waals surface area contributed by atoms with Gasteiger partial charge in [0.2, 0.25) is 0 Å². The van der Waals surface area contributed by atoms with E-state index in [4.69, 9.17) is 16.3 Å². The minimum Gasteiger partial charge on any atom is -0.492 e. The first kappa shape index (κ1) is 15.6. The Morgan fingerprint density at radius 3 is 2.62 bits per heavy atom. The Morgan fingerprint density at radius 2 is 1.95 bits per heavy atom. The van der Waals surface area contributed by atoms with Gasteiger partial charge < -0.3 is 10.1 Å². The molecule has 21 heavy (non-hydrogen) atoms. The summed E-state index contributed by atoms with van der Waals surface area (Å²) in [5, 5.41) is 3.69. The Hall–Kier alpha value is -1.81. The van der Waals surface area contributed by atoms with Crippen molar-refractivity contribution in [2.75, 3.05) is 11.9 Å². The zero-order valence-electron chi connectivity index (χ0n) is 11.8. The molecule has 1 N–H and O–H groups in total. The van der Waals surface area contributed by atoms with Crippen LogP contribution in [0.3, 0.4) is 0 Å². The van der Waals surface area contributed by atoms with E-state index >= 15 is 0 Å². The molecule has 0 aliphatic heterocycles. The van der Waals surface area contributed by atoms with E-state index in [-0.39, 0.29) is 6.04 Å². The second-order valence-electron chi connectivity index (χ2n) is 4.61. The fourth-order valence-corrected chi connectivity index (χ4v) is 2.23. The van der Waals surface area contributed by atoms with Crippen LogP contribution >= 0.6 is 11.6 Å². The molecule has 5 heteroatoms. The van der Waals surface area contributed by atoms with Gasteiger partial charge in [0.05, 0.1) is 18.3 Å². The number of rotatable bonds is 5.